The Bertz CT molecular complexity index is 2680. The van der Waals surface area contributed by atoms with Gasteiger partial charge >= 0.3 is 17.9 Å². The van der Waals surface area contributed by atoms with Crippen molar-refractivity contribution in [1.82, 2.24) is 21.3 Å². The fourth-order valence-electron chi connectivity index (χ4n) is 12.2. The van der Waals surface area contributed by atoms with Crippen LogP contribution in [0.4, 0.5) is 0 Å². The number of carboxylic acid groups (broad SMARTS) is 3. The number of carboxylic acids is 3. The highest BCUT2D eigenvalue weighted by Gasteiger charge is 2.65. The SMILES string of the molecule is CC(=O)N[C@H]1[C@H](O[C@@H]2[C@H](O[C@]3(C(=O)O)C[C@H](O)[C@@H](NC(C)=O)[C@H]([C@H](O)[C@H](O)CO)O3)[C@@H](O)[C@H](O)O[C@@H]2CO)O[C@H](CO)[C@H](O)[C@@H]1O[C@@H]1O[C@H](CO)[C@H](O)[C@H](O[C@]2(C(=O)O)C[C@H](O)[C@@H](NC(C)=O)[C@H]([C@H](O)[C@@H](CO)O[C@]3(C(=O)O)C[C@H](O)[C@@H](NC(C)=O)[C@H]([C@H](O)[C@H](O)CO)O3)O2)[C@H]1O. The van der Waals surface area contributed by atoms with Gasteiger partial charge in [-0.3, -0.25) is 19.2 Å². The van der Waals surface area contributed by atoms with Gasteiger partial charge in [-0.15, -0.1) is 0 Å². The van der Waals surface area contributed by atoms with Gasteiger partial charge in [0.25, 0.3) is 17.4 Å². The Kier molecular flexibility index (Phi) is 28.2. The number of aliphatic hydroxyl groups is 19. The van der Waals surface area contributed by atoms with Crippen molar-refractivity contribution in [3.05, 3.63) is 0 Å². The first-order chi connectivity index (χ1) is 45.4. The summed E-state index contributed by atoms with van der Waals surface area (Å²) < 4.78 is 63.4. The Hall–Kier alpha value is -4.91. The van der Waals surface area contributed by atoms with Gasteiger partial charge in [0.15, 0.2) is 18.9 Å². The van der Waals surface area contributed by atoms with Gasteiger partial charge in [0.05, 0.1) is 76.1 Å². The molecule has 0 unspecified atom stereocenters. The zero-order valence-corrected chi connectivity index (χ0v) is 51.9. The van der Waals surface area contributed by atoms with Crippen LogP contribution in [-0.2, 0) is 85.7 Å². The zero-order valence-electron chi connectivity index (χ0n) is 51.9. The lowest BCUT2D eigenvalue weighted by Crippen LogP contribution is -2.72. The summed E-state index contributed by atoms with van der Waals surface area (Å²) in [7, 11) is 0. The van der Waals surface area contributed by atoms with Crippen LogP contribution in [0.25, 0.3) is 0 Å². The topological polar surface area (TPSA) is 714 Å². The average Bonchev–Trinajstić information content (AvgIpc) is 0.761. The number of aliphatic hydroxyl groups excluding tert-OH is 19. The predicted octanol–water partition coefficient (Wildman–Crippen LogP) is -15.9. The van der Waals surface area contributed by atoms with E-state index in [4.69, 9.17) is 52.1 Å². The summed E-state index contributed by atoms with van der Waals surface area (Å²) in [6.45, 7) is -4.21. The molecule has 0 bridgehead atoms. The molecule has 0 saturated carbocycles. The molecule has 33 atom stereocenters. The number of hydrogen-bond acceptors (Lipinski definition) is 37. The smallest absolute Gasteiger partial charge is 0.364 e. The third-order valence-corrected chi connectivity index (χ3v) is 17.0. The van der Waals surface area contributed by atoms with Crippen molar-refractivity contribution in [3.63, 3.8) is 0 Å². The number of hydrogen-bond donors (Lipinski definition) is 26. The quantitative estimate of drug-likeness (QED) is 0.0331. The van der Waals surface area contributed by atoms with E-state index in [1.807, 2.05) is 0 Å². The summed E-state index contributed by atoms with van der Waals surface area (Å²) in [5, 5.41) is 250. The summed E-state index contributed by atoms with van der Waals surface area (Å²) in [5.74, 6) is -20.8. The molecule has 0 aromatic rings. The molecular formula is C53H86N4O40. The van der Waals surface area contributed by atoms with E-state index in [0.717, 1.165) is 27.7 Å². The lowest BCUT2D eigenvalue weighted by molar-refractivity contribution is -0.395. The second-order valence-corrected chi connectivity index (χ2v) is 24.0. The van der Waals surface area contributed by atoms with Crippen LogP contribution in [0.2, 0.25) is 0 Å². The van der Waals surface area contributed by atoms with Gasteiger partial charge in [-0.1, -0.05) is 0 Å². The summed E-state index contributed by atoms with van der Waals surface area (Å²) in [4.78, 5) is 90.2. The van der Waals surface area contributed by atoms with Gasteiger partial charge in [-0.25, -0.2) is 14.4 Å². The maximum atomic E-state index is 13.7. The zero-order chi connectivity index (χ0) is 72.8. The van der Waals surface area contributed by atoms with E-state index in [0.29, 0.717) is 0 Å². The molecule has 6 aliphatic heterocycles. The van der Waals surface area contributed by atoms with Crippen molar-refractivity contribution in [1.29, 1.82) is 0 Å². The molecule has 0 aromatic carbocycles. The van der Waals surface area contributed by atoms with Gasteiger partial charge in [-0.2, -0.15) is 0 Å². The van der Waals surface area contributed by atoms with E-state index >= 15 is 0 Å². The predicted molar refractivity (Wildman–Crippen MR) is 297 cm³/mol. The van der Waals surface area contributed by atoms with Crippen LogP contribution in [0.15, 0.2) is 0 Å². The first kappa shape index (κ1) is 81.1. The normalized spacial score (nSPS) is 42.1. The van der Waals surface area contributed by atoms with E-state index in [9.17, 15) is 146 Å². The Labute approximate surface area is 547 Å². The second-order valence-electron chi connectivity index (χ2n) is 24.0. The second kappa shape index (κ2) is 33.7. The molecule has 0 aliphatic carbocycles. The summed E-state index contributed by atoms with van der Waals surface area (Å²) in [6.07, 6.45) is -64.5. The van der Waals surface area contributed by atoms with Crippen LogP contribution >= 0.6 is 0 Å². The summed E-state index contributed by atoms with van der Waals surface area (Å²) >= 11 is 0. The van der Waals surface area contributed by atoms with Gasteiger partial charge < -0.3 is 186 Å². The van der Waals surface area contributed by atoms with Crippen LogP contribution < -0.4 is 21.3 Å². The Balaban J connectivity index is 1.36. The molecule has 0 aromatic heterocycles. The van der Waals surface area contributed by atoms with Gasteiger partial charge in [0.1, 0.15) is 128 Å². The van der Waals surface area contributed by atoms with E-state index < -0.39 is 301 Å². The van der Waals surface area contributed by atoms with E-state index in [1.54, 1.807) is 0 Å². The minimum absolute atomic E-state index is 0.851. The van der Waals surface area contributed by atoms with Gasteiger partial charge in [-0.05, 0) is 0 Å². The van der Waals surface area contributed by atoms with Crippen molar-refractivity contribution in [3.8, 4) is 0 Å². The largest absolute Gasteiger partial charge is 0.477 e. The fourth-order valence-corrected chi connectivity index (χ4v) is 12.2. The molecule has 97 heavy (non-hydrogen) atoms. The van der Waals surface area contributed by atoms with Crippen LogP contribution in [-0.4, -0.2) is 394 Å². The number of carbonyl (C=O) groups is 7. The maximum absolute atomic E-state index is 13.7. The molecule has 26 N–H and O–H groups in total. The van der Waals surface area contributed by atoms with E-state index in [-0.39, 0.29) is 0 Å². The Morgan fingerprint density at radius 3 is 1.18 bits per heavy atom. The first-order valence-electron chi connectivity index (χ1n) is 30.0. The summed E-state index contributed by atoms with van der Waals surface area (Å²) in [6, 6.07) is -7.69. The average molecular weight is 1420 g/mol. The first-order valence-corrected chi connectivity index (χ1v) is 30.0. The Morgan fingerprint density at radius 2 is 0.784 bits per heavy atom. The van der Waals surface area contributed by atoms with Crippen LogP contribution in [0.5, 0.6) is 0 Å². The van der Waals surface area contributed by atoms with Crippen molar-refractivity contribution >= 4 is 41.5 Å². The van der Waals surface area contributed by atoms with Crippen molar-refractivity contribution < 1.29 is 198 Å². The van der Waals surface area contributed by atoms with Crippen molar-refractivity contribution in [2.24, 2.45) is 0 Å². The van der Waals surface area contributed by atoms with Crippen LogP contribution in [0.1, 0.15) is 47.0 Å². The number of aliphatic carboxylic acids is 3. The highest BCUT2D eigenvalue weighted by Crippen LogP contribution is 2.43. The highest BCUT2D eigenvalue weighted by atomic mass is 16.8. The van der Waals surface area contributed by atoms with Crippen molar-refractivity contribution in [2.75, 3.05) is 39.6 Å². The van der Waals surface area contributed by atoms with Crippen LogP contribution in [0.3, 0.4) is 0 Å². The minimum Gasteiger partial charge on any atom is -0.477 e. The summed E-state index contributed by atoms with van der Waals surface area (Å²) in [5.41, 5.74) is 0. The number of ether oxygens (including phenoxy) is 11. The number of rotatable bonds is 29. The minimum atomic E-state index is -3.56. The lowest BCUT2D eigenvalue weighted by Gasteiger charge is -2.52. The van der Waals surface area contributed by atoms with Crippen molar-refractivity contribution in [2.45, 2.75) is 248 Å². The number of carbonyl (C=O) groups excluding carboxylic acids is 4. The molecule has 44 heteroatoms. The lowest BCUT2D eigenvalue weighted by atomic mass is 9.87. The molecule has 0 spiro atoms. The number of amides is 4. The van der Waals surface area contributed by atoms with Crippen LogP contribution in [0, 0.1) is 0 Å². The molecular weight excluding hydrogens is 1330 g/mol. The Morgan fingerprint density at radius 1 is 0.423 bits per heavy atom. The molecule has 6 rings (SSSR count). The highest BCUT2D eigenvalue weighted by molar-refractivity contribution is 5.78. The molecule has 6 fully saturated rings. The molecule has 6 heterocycles. The number of nitrogens with one attached hydrogen (secondary N) is 4. The fraction of sp³-hybridized carbons (Fsp3) is 0.868. The molecule has 0 radical (unpaired) electrons. The third kappa shape index (κ3) is 17.7. The van der Waals surface area contributed by atoms with E-state index in [2.05, 4.69) is 21.3 Å². The third-order valence-electron chi connectivity index (χ3n) is 17.0. The molecule has 6 aliphatic rings. The maximum Gasteiger partial charge on any atom is 0.364 e. The van der Waals surface area contributed by atoms with Gasteiger partial charge in [0, 0.05) is 47.0 Å². The molecule has 6 saturated heterocycles. The monoisotopic (exact) mass is 1420 g/mol. The van der Waals surface area contributed by atoms with E-state index in [1.165, 1.54) is 0 Å². The molecule has 4 amide bonds. The molecule has 558 valence electrons. The standard InChI is InChI=1S/C53H86N4O40/c1-14(64)54-27-18(68)5-51(48(81)82,93-40(27)31(73)21(71)8-58)92-25(12-62)35(77)42-29(56-16(3)66)20(70)6-52(95-42,49(83)84)96-43-34(76)24(11-61)89-47(37(43)79)91-39-30(57-17(4)67)46(88-23(10-60)33(39)75)90-38-26(13-63)87-45(80)36(78)44(38)97-53(50(85)86)7-19(69)28(55-15(2)65)41(94-53)32(74)22(72)9-59/h18-47,58-63,68-80H,5-13H2,1-4H3,(H,54,64)(H,55,65)(H,56,66)(H,57,67)(H,81,82)(H,83,84)(H,85,86)/t18-,19-,20-,21+,22+,23+,24+,25+,26+,27+,28+,29+,30+,31+,32+,33-,34-,35+,36+,37+,38-,39+,40+,41+,42+,43-,44+,45+,46-,47-,51+,52-,53-/m0/s1. The van der Waals surface area contributed by atoms with Gasteiger partial charge in [0.2, 0.25) is 23.6 Å². The molecule has 44 nitrogen and oxygen atoms in total.